The zero-order valence-electron chi connectivity index (χ0n) is 19.8. The van der Waals surface area contributed by atoms with Crippen LogP contribution in [0.15, 0.2) is 72.8 Å². The molecule has 0 unspecified atom stereocenters. The lowest BCUT2D eigenvalue weighted by atomic mass is 9.79. The first-order valence-electron chi connectivity index (χ1n) is 11.8. The third-order valence-corrected chi connectivity index (χ3v) is 6.71. The van der Waals surface area contributed by atoms with E-state index >= 15 is 0 Å². The fourth-order valence-electron chi connectivity index (χ4n) is 5.08. The molecule has 0 amide bonds. The summed E-state index contributed by atoms with van der Waals surface area (Å²) in [6, 6.07) is 21.8. The highest BCUT2D eigenvalue weighted by molar-refractivity contribution is 5.88. The Balaban J connectivity index is 1.46. The number of hydrogen-bond donors (Lipinski definition) is 1. The van der Waals surface area contributed by atoms with E-state index in [9.17, 15) is 14.4 Å². The van der Waals surface area contributed by atoms with Crippen LogP contribution in [-0.2, 0) is 39.9 Å². The number of rotatable bonds is 7. The van der Waals surface area contributed by atoms with Gasteiger partial charge in [-0.1, -0.05) is 66.7 Å². The van der Waals surface area contributed by atoms with E-state index in [1.807, 2.05) is 72.8 Å². The molecule has 186 valence electrons. The maximum Gasteiger partial charge on any atom is 0.334 e. The molecule has 2 aliphatic heterocycles. The number of carbonyl (C=O) groups is 3. The number of hydrogen-bond acceptors (Lipinski definition) is 8. The zero-order valence-corrected chi connectivity index (χ0v) is 19.8. The largest absolute Gasteiger partial charge is 0.460 e. The van der Waals surface area contributed by atoms with Gasteiger partial charge in [0.15, 0.2) is 5.78 Å². The van der Waals surface area contributed by atoms with Gasteiger partial charge in [0.25, 0.3) is 0 Å². The predicted octanol–water partition coefficient (Wildman–Crippen LogP) is 2.94. The summed E-state index contributed by atoms with van der Waals surface area (Å²) in [6.07, 6.45) is -1.09. The zero-order chi connectivity index (χ0) is 25.1. The highest BCUT2D eigenvalue weighted by atomic mass is 16.7. The van der Waals surface area contributed by atoms with Crippen molar-refractivity contribution in [2.24, 2.45) is 11.8 Å². The minimum Gasteiger partial charge on any atom is -0.460 e. The van der Waals surface area contributed by atoms with Gasteiger partial charge in [0.1, 0.15) is 25.9 Å². The molecule has 3 aromatic carbocycles. The molecule has 2 heterocycles. The molecule has 0 saturated carbocycles. The highest BCUT2D eigenvalue weighted by Gasteiger charge is 2.57. The van der Waals surface area contributed by atoms with E-state index in [0.717, 1.165) is 21.9 Å². The molecule has 2 saturated heterocycles. The van der Waals surface area contributed by atoms with Crippen molar-refractivity contribution in [1.82, 2.24) is 5.32 Å². The first-order chi connectivity index (χ1) is 17.5. The number of Topliss-reactive ketones (excluding diaryl/α,β-unsaturated/α-hetero) is 1. The smallest absolute Gasteiger partial charge is 0.334 e. The second kappa shape index (κ2) is 10.6. The SMILES string of the molecule is COCC(=O)O[C@H]1OCC(=O)[C@H]2[C@@H]1[C@@H](C(=O)OCc1ccccc1)N[C@H]2c1ccc2ccccc2c1. The highest BCUT2D eigenvalue weighted by Crippen LogP contribution is 2.44. The fourth-order valence-corrected chi connectivity index (χ4v) is 5.08. The van der Waals surface area contributed by atoms with Crippen LogP contribution in [0, 0.1) is 11.8 Å². The predicted molar refractivity (Wildman–Crippen MR) is 130 cm³/mol. The monoisotopic (exact) mass is 489 g/mol. The Hall–Kier alpha value is -3.59. The van der Waals surface area contributed by atoms with Gasteiger partial charge in [0.2, 0.25) is 6.29 Å². The van der Waals surface area contributed by atoms with Gasteiger partial charge in [-0.15, -0.1) is 0 Å². The van der Waals surface area contributed by atoms with Crippen LogP contribution in [0.25, 0.3) is 10.8 Å². The van der Waals surface area contributed by atoms with Gasteiger partial charge in [-0.25, -0.2) is 4.79 Å². The average Bonchev–Trinajstić information content (AvgIpc) is 3.31. The second-order valence-corrected chi connectivity index (χ2v) is 8.99. The Labute approximate surface area is 208 Å². The summed E-state index contributed by atoms with van der Waals surface area (Å²) < 4.78 is 21.6. The molecule has 1 N–H and O–H groups in total. The van der Waals surface area contributed by atoms with Crippen LogP contribution in [0.4, 0.5) is 0 Å². The summed E-state index contributed by atoms with van der Waals surface area (Å²) in [4.78, 5) is 38.7. The number of ketones is 1. The lowest BCUT2D eigenvalue weighted by Gasteiger charge is -2.34. The van der Waals surface area contributed by atoms with E-state index < -0.39 is 42.1 Å². The van der Waals surface area contributed by atoms with Gasteiger partial charge in [-0.3, -0.25) is 14.9 Å². The fraction of sp³-hybridized carbons (Fsp3) is 0.321. The molecule has 2 aliphatic rings. The number of benzene rings is 3. The summed E-state index contributed by atoms with van der Waals surface area (Å²) in [7, 11) is 1.38. The van der Waals surface area contributed by atoms with Crippen molar-refractivity contribution in [2.45, 2.75) is 25.0 Å². The molecule has 5 rings (SSSR count). The molecule has 3 aromatic rings. The maximum absolute atomic E-state index is 13.3. The Morgan fingerprint density at radius 1 is 1.00 bits per heavy atom. The van der Waals surface area contributed by atoms with E-state index in [1.54, 1.807) is 0 Å². The van der Waals surface area contributed by atoms with Crippen molar-refractivity contribution in [3.05, 3.63) is 83.9 Å². The summed E-state index contributed by atoms with van der Waals surface area (Å²) in [6.45, 7) is -0.404. The lowest BCUT2D eigenvalue weighted by molar-refractivity contribution is -0.213. The van der Waals surface area contributed by atoms with Gasteiger partial charge in [0.05, 0.1) is 11.8 Å². The molecule has 36 heavy (non-hydrogen) atoms. The van der Waals surface area contributed by atoms with Crippen molar-refractivity contribution in [3.8, 4) is 0 Å². The van der Waals surface area contributed by atoms with Gasteiger partial charge in [-0.05, 0) is 28.0 Å². The van der Waals surface area contributed by atoms with E-state index in [1.165, 1.54) is 7.11 Å². The molecule has 0 aromatic heterocycles. The molecule has 0 aliphatic carbocycles. The Bertz CT molecular complexity index is 1260. The van der Waals surface area contributed by atoms with Gasteiger partial charge < -0.3 is 18.9 Å². The normalized spacial score (nSPS) is 25.4. The molecule has 0 spiro atoms. The van der Waals surface area contributed by atoms with Gasteiger partial charge in [0, 0.05) is 13.2 Å². The minimum atomic E-state index is -1.09. The first-order valence-corrected chi connectivity index (χ1v) is 11.8. The van der Waals surface area contributed by atoms with Crippen LogP contribution >= 0.6 is 0 Å². The van der Waals surface area contributed by atoms with Crippen LogP contribution in [0.5, 0.6) is 0 Å². The quantitative estimate of drug-likeness (QED) is 0.506. The molecule has 8 nitrogen and oxygen atoms in total. The molecule has 0 bridgehead atoms. The molecule has 5 atom stereocenters. The van der Waals surface area contributed by atoms with Crippen molar-refractivity contribution in [2.75, 3.05) is 20.3 Å². The van der Waals surface area contributed by atoms with Crippen molar-refractivity contribution < 1.29 is 33.3 Å². The van der Waals surface area contributed by atoms with Gasteiger partial charge in [-0.2, -0.15) is 0 Å². The number of nitrogens with one attached hydrogen (secondary N) is 1. The molecular formula is C28H27NO7. The number of methoxy groups -OCH3 is 1. The Morgan fingerprint density at radius 3 is 2.53 bits per heavy atom. The number of esters is 2. The number of carbonyl (C=O) groups excluding carboxylic acids is 3. The second-order valence-electron chi connectivity index (χ2n) is 8.99. The van der Waals surface area contributed by atoms with E-state index in [4.69, 9.17) is 18.9 Å². The van der Waals surface area contributed by atoms with E-state index in [2.05, 4.69) is 5.32 Å². The van der Waals surface area contributed by atoms with Crippen molar-refractivity contribution in [3.63, 3.8) is 0 Å². The van der Waals surface area contributed by atoms with Crippen molar-refractivity contribution in [1.29, 1.82) is 0 Å². The third-order valence-electron chi connectivity index (χ3n) is 6.71. The van der Waals surface area contributed by atoms with Crippen LogP contribution in [-0.4, -0.2) is 50.4 Å². The van der Waals surface area contributed by atoms with E-state index in [-0.39, 0.29) is 25.6 Å². The molecule has 0 radical (unpaired) electrons. The van der Waals surface area contributed by atoms with Crippen LogP contribution in [0.3, 0.4) is 0 Å². The molecular weight excluding hydrogens is 462 g/mol. The summed E-state index contributed by atoms with van der Waals surface area (Å²) >= 11 is 0. The Morgan fingerprint density at radius 2 is 1.75 bits per heavy atom. The van der Waals surface area contributed by atoms with Crippen LogP contribution in [0.1, 0.15) is 17.2 Å². The van der Waals surface area contributed by atoms with Crippen LogP contribution in [0.2, 0.25) is 0 Å². The lowest BCUT2D eigenvalue weighted by Crippen LogP contribution is -2.50. The maximum atomic E-state index is 13.3. The van der Waals surface area contributed by atoms with Crippen LogP contribution < -0.4 is 5.32 Å². The number of ether oxygens (including phenoxy) is 4. The van der Waals surface area contributed by atoms with Crippen molar-refractivity contribution >= 4 is 28.5 Å². The standard InChI is InChI=1S/C28H27NO7/c1-33-16-22(31)36-28-24-23(21(30)15-35-28)25(20-12-11-18-9-5-6-10-19(18)13-20)29-26(24)27(32)34-14-17-7-3-2-4-8-17/h2-13,23-26,28-29H,14-16H2,1H3/t23-,24+,25-,26-,28+/m0/s1. The molecule has 2 fully saturated rings. The van der Waals surface area contributed by atoms with E-state index in [0.29, 0.717) is 0 Å². The summed E-state index contributed by atoms with van der Waals surface area (Å²) in [5.41, 5.74) is 1.70. The Kier molecular flexibility index (Phi) is 7.09. The first kappa shape index (κ1) is 24.1. The topological polar surface area (TPSA) is 100 Å². The summed E-state index contributed by atoms with van der Waals surface area (Å²) in [5.74, 6) is -2.74. The third kappa shape index (κ3) is 4.88. The summed E-state index contributed by atoms with van der Waals surface area (Å²) in [5, 5.41) is 5.41. The van der Waals surface area contributed by atoms with Gasteiger partial charge >= 0.3 is 11.9 Å². The average molecular weight is 490 g/mol. The number of fused-ring (bicyclic) bond motifs is 2. The minimum absolute atomic E-state index is 0.0822. The molecule has 8 heteroatoms.